The summed E-state index contributed by atoms with van der Waals surface area (Å²) in [5.41, 5.74) is 11.7. The Morgan fingerprint density at radius 2 is 0.945 bits per heavy atom. The normalized spacial score (nSPS) is 11.6. The molecule has 0 N–H and O–H groups in total. The van der Waals surface area contributed by atoms with Gasteiger partial charge in [-0.2, -0.15) is 0 Å². The van der Waals surface area contributed by atoms with E-state index in [0.717, 1.165) is 22.7 Å². The molecule has 2 nitrogen and oxygen atoms in total. The van der Waals surface area contributed by atoms with Crippen LogP contribution in [-0.4, -0.2) is 4.57 Å². The van der Waals surface area contributed by atoms with Crippen LogP contribution in [0.5, 0.6) is 0 Å². The van der Waals surface area contributed by atoms with Crippen molar-refractivity contribution >= 4 is 81.1 Å². The molecular formula is C52H34N2S. The lowest BCUT2D eigenvalue weighted by Gasteiger charge is -2.26. The maximum absolute atomic E-state index is 2.44. The molecule has 258 valence electrons. The number of rotatable bonds is 6. The van der Waals surface area contributed by atoms with Crippen LogP contribution in [0.1, 0.15) is 0 Å². The highest BCUT2D eigenvalue weighted by molar-refractivity contribution is 7.25. The van der Waals surface area contributed by atoms with Crippen molar-refractivity contribution in [2.75, 3.05) is 4.90 Å². The van der Waals surface area contributed by atoms with E-state index in [1.165, 1.54) is 75.0 Å². The van der Waals surface area contributed by atoms with Crippen LogP contribution < -0.4 is 4.90 Å². The highest BCUT2D eigenvalue weighted by Gasteiger charge is 2.18. The second-order valence-electron chi connectivity index (χ2n) is 14.2. The molecule has 55 heavy (non-hydrogen) atoms. The summed E-state index contributed by atoms with van der Waals surface area (Å²) in [6.45, 7) is 0. The topological polar surface area (TPSA) is 8.17 Å². The van der Waals surface area contributed by atoms with E-state index >= 15 is 0 Å². The van der Waals surface area contributed by atoms with Crippen molar-refractivity contribution < 1.29 is 0 Å². The standard InChI is InChI=1S/C52H34N2S/c1-3-12-35(13-4-1)38-15-11-18-42(32-38)53(43-28-31-47-46-20-9-10-21-50(46)55-51(47)34-43)41-26-22-36(23-27-41)39-25-29-45-48-30-24-37-14-7-8-19-44(37)52(48)54(49(45)33-39)40-16-5-2-6-17-40/h1-34H. The van der Waals surface area contributed by atoms with Crippen molar-refractivity contribution in [3.8, 4) is 27.9 Å². The van der Waals surface area contributed by atoms with Crippen LogP contribution in [0.2, 0.25) is 0 Å². The van der Waals surface area contributed by atoms with E-state index in [9.17, 15) is 0 Å². The van der Waals surface area contributed by atoms with Gasteiger partial charge in [0.2, 0.25) is 0 Å². The lowest BCUT2D eigenvalue weighted by atomic mass is 10.0. The molecule has 3 heteroatoms. The zero-order valence-corrected chi connectivity index (χ0v) is 30.7. The van der Waals surface area contributed by atoms with E-state index in [1.54, 1.807) is 0 Å². The third kappa shape index (κ3) is 5.32. The first-order valence-corrected chi connectivity index (χ1v) is 19.6. The fraction of sp³-hybridized carbons (Fsp3) is 0. The van der Waals surface area contributed by atoms with Crippen molar-refractivity contribution in [2.24, 2.45) is 0 Å². The molecule has 9 aromatic carbocycles. The highest BCUT2D eigenvalue weighted by Crippen LogP contribution is 2.43. The minimum atomic E-state index is 1.11. The molecular weight excluding hydrogens is 685 g/mol. The predicted molar refractivity (Wildman–Crippen MR) is 237 cm³/mol. The average Bonchev–Trinajstić information content (AvgIpc) is 3.80. The van der Waals surface area contributed by atoms with E-state index in [1.807, 2.05) is 11.3 Å². The van der Waals surface area contributed by atoms with Crippen LogP contribution >= 0.6 is 11.3 Å². The Labute approximate surface area is 323 Å². The van der Waals surface area contributed by atoms with Crippen LogP contribution in [0.3, 0.4) is 0 Å². The molecule has 0 unspecified atom stereocenters. The summed E-state index contributed by atoms with van der Waals surface area (Å²) < 4.78 is 5.04. The molecule has 11 aromatic rings. The van der Waals surface area contributed by atoms with Gasteiger partial charge in [-0.25, -0.2) is 0 Å². The van der Waals surface area contributed by atoms with Crippen molar-refractivity contribution in [1.29, 1.82) is 0 Å². The van der Waals surface area contributed by atoms with Crippen LogP contribution in [0.4, 0.5) is 17.1 Å². The molecule has 0 saturated carbocycles. The second-order valence-corrected chi connectivity index (χ2v) is 15.2. The minimum Gasteiger partial charge on any atom is -0.310 e. The molecule has 0 aliphatic rings. The monoisotopic (exact) mass is 718 g/mol. The van der Waals surface area contributed by atoms with Gasteiger partial charge in [-0.05, 0) is 88.3 Å². The number of aromatic nitrogens is 1. The van der Waals surface area contributed by atoms with Gasteiger partial charge in [0.1, 0.15) is 0 Å². The number of thiophene rings is 1. The lowest BCUT2D eigenvalue weighted by molar-refractivity contribution is 1.19. The number of fused-ring (bicyclic) bond motifs is 8. The summed E-state index contributed by atoms with van der Waals surface area (Å²) in [6, 6.07) is 75.2. The van der Waals surface area contributed by atoms with Crippen LogP contribution in [0, 0.1) is 0 Å². The molecule has 0 atom stereocenters. The van der Waals surface area contributed by atoms with Gasteiger partial charge in [0.15, 0.2) is 0 Å². The minimum absolute atomic E-state index is 1.11. The Balaban J connectivity index is 1.05. The lowest BCUT2D eigenvalue weighted by Crippen LogP contribution is -2.09. The van der Waals surface area contributed by atoms with Gasteiger partial charge in [-0.1, -0.05) is 146 Å². The zero-order chi connectivity index (χ0) is 36.3. The van der Waals surface area contributed by atoms with Gasteiger partial charge in [0.05, 0.1) is 11.0 Å². The molecule has 0 amide bonds. The Kier molecular flexibility index (Phi) is 7.39. The number of nitrogens with zero attached hydrogens (tertiary/aromatic N) is 2. The number of para-hydroxylation sites is 1. The summed E-state index contributed by atoms with van der Waals surface area (Å²) in [7, 11) is 0. The first kappa shape index (κ1) is 31.6. The van der Waals surface area contributed by atoms with Gasteiger partial charge < -0.3 is 9.47 Å². The van der Waals surface area contributed by atoms with Crippen molar-refractivity contribution in [3.05, 3.63) is 206 Å². The number of hydrogen-bond acceptors (Lipinski definition) is 2. The Bertz CT molecular complexity index is 3190. The molecule has 2 heterocycles. The van der Waals surface area contributed by atoms with Gasteiger partial charge in [-0.15, -0.1) is 11.3 Å². The quantitative estimate of drug-likeness (QED) is 0.166. The highest BCUT2D eigenvalue weighted by atomic mass is 32.1. The summed E-state index contributed by atoms with van der Waals surface area (Å²) in [4.78, 5) is 2.39. The van der Waals surface area contributed by atoms with E-state index in [-0.39, 0.29) is 0 Å². The first-order valence-electron chi connectivity index (χ1n) is 18.8. The first-order chi connectivity index (χ1) is 27.3. The molecule has 0 aliphatic heterocycles. The summed E-state index contributed by atoms with van der Waals surface area (Å²) in [5.74, 6) is 0. The number of hydrogen-bond donors (Lipinski definition) is 0. The number of benzene rings is 9. The number of anilines is 3. The van der Waals surface area contributed by atoms with Gasteiger partial charge in [-0.3, -0.25) is 0 Å². The van der Waals surface area contributed by atoms with Crippen LogP contribution in [0.25, 0.3) is 80.7 Å². The molecule has 11 rings (SSSR count). The largest absolute Gasteiger partial charge is 0.310 e. The zero-order valence-electron chi connectivity index (χ0n) is 29.9. The van der Waals surface area contributed by atoms with Crippen molar-refractivity contribution in [1.82, 2.24) is 4.57 Å². The van der Waals surface area contributed by atoms with Crippen molar-refractivity contribution in [3.63, 3.8) is 0 Å². The summed E-state index contributed by atoms with van der Waals surface area (Å²) >= 11 is 1.86. The summed E-state index contributed by atoms with van der Waals surface area (Å²) in [6.07, 6.45) is 0. The van der Waals surface area contributed by atoms with Gasteiger partial charge in [0.25, 0.3) is 0 Å². The van der Waals surface area contributed by atoms with Gasteiger partial charge >= 0.3 is 0 Å². The molecule has 0 spiro atoms. The van der Waals surface area contributed by atoms with E-state index in [0.29, 0.717) is 0 Å². The third-order valence-corrected chi connectivity index (χ3v) is 12.1. The molecule has 0 saturated heterocycles. The molecule has 0 aliphatic carbocycles. The van der Waals surface area contributed by atoms with Crippen molar-refractivity contribution in [2.45, 2.75) is 0 Å². The molecule has 0 fully saturated rings. The fourth-order valence-corrected chi connectivity index (χ4v) is 9.50. The second kappa shape index (κ2) is 12.9. The maximum Gasteiger partial charge on any atom is 0.0619 e. The van der Waals surface area contributed by atoms with Crippen LogP contribution in [-0.2, 0) is 0 Å². The molecule has 2 aromatic heterocycles. The average molecular weight is 719 g/mol. The third-order valence-electron chi connectivity index (χ3n) is 11.0. The smallest absolute Gasteiger partial charge is 0.0619 e. The molecule has 0 radical (unpaired) electrons. The van der Waals surface area contributed by atoms with Gasteiger partial charge in [0, 0.05) is 59.1 Å². The summed E-state index contributed by atoms with van der Waals surface area (Å²) in [5, 5.41) is 7.64. The fourth-order valence-electron chi connectivity index (χ4n) is 8.36. The van der Waals surface area contributed by atoms with E-state index < -0.39 is 0 Å². The predicted octanol–water partition coefficient (Wildman–Crippen LogP) is 15.1. The maximum atomic E-state index is 2.44. The Morgan fingerprint density at radius 3 is 1.80 bits per heavy atom. The SMILES string of the molecule is c1ccc(-c2cccc(N(c3ccc(-c4ccc5c6ccc7ccccc7c6n(-c6ccccc6)c5c4)cc3)c3ccc4c(c3)sc3ccccc34)c2)cc1. The molecule has 0 bridgehead atoms. The van der Waals surface area contributed by atoms with Crippen LogP contribution in [0.15, 0.2) is 206 Å². The Hall–Kier alpha value is -6.94. The Morgan fingerprint density at radius 1 is 0.345 bits per heavy atom. The van der Waals surface area contributed by atoms with E-state index in [4.69, 9.17) is 0 Å². The van der Waals surface area contributed by atoms with E-state index in [2.05, 4.69) is 216 Å².